The van der Waals surface area contributed by atoms with Crippen LogP contribution in [0, 0.1) is 12.3 Å². The van der Waals surface area contributed by atoms with Crippen molar-refractivity contribution in [2.75, 3.05) is 44.2 Å². The van der Waals surface area contributed by atoms with Gasteiger partial charge in [-0.25, -0.2) is 19.7 Å². The molecule has 8 heteroatoms. The molecule has 2 aliphatic heterocycles. The molecule has 30 heavy (non-hydrogen) atoms. The third kappa shape index (κ3) is 3.49. The Kier molecular flexibility index (Phi) is 4.81. The molecule has 1 amide bonds. The lowest BCUT2D eigenvalue weighted by Gasteiger charge is -2.47. The van der Waals surface area contributed by atoms with Crippen LogP contribution in [0.15, 0.2) is 30.7 Å². The maximum absolute atomic E-state index is 11.1. The number of pyridine rings is 1. The van der Waals surface area contributed by atoms with E-state index in [0.29, 0.717) is 19.1 Å². The highest BCUT2D eigenvalue weighted by Crippen LogP contribution is 2.47. The number of rotatable bonds is 3. The monoisotopic (exact) mass is 408 g/mol. The van der Waals surface area contributed by atoms with Crippen molar-refractivity contribution in [3.05, 3.63) is 36.5 Å². The van der Waals surface area contributed by atoms with Crippen molar-refractivity contribution < 1.29 is 9.90 Å². The van der Waals surface area contributed by atoms with E-state index in [-0.39, 0.29) is 5.41 Å². The summed E-state index contributed by atoms with van der Waals surface area (Å²) in [4.78, 5) is 31.0. The van der Waals surface area contributed by atoms with Gasteiger partial charge in [0.05, 0.1) is 0 Å². The van der Waals surface area contributed by atoms with Crippen molar-refractivity contribution in [1.82, 2.24) is 24.8 Å². The van der Waals surface area contributed by atoms with Crippen LogP contribution < -0.4 is 4.90 Å². The van der Waals surface area contributed by atoms with Crippen LogP contribution in [0.25, 0.3) is 11.1 Å². The van der Waals surface area contributed by atoms with Gasteiger partial charge in [0.25, 0.3) is 0 Å². The lowest BCUT2D eigenvalue weighted by molar-refractivity contribution is 0.00903. The van der Waals surface area contributed by atoms with Crippen LogP contribution in [-0.2, 0) is 0 Å². The summed E-state index contributed by atoms with van der Waals surface area (Å²) in [5.41, 5.74) is 2.31. The molecule has 0 unspecified atom stereocenters. The molecular weight excluding hydrogens is 380 g/mol. The predicted molar refractivity (Wildman–Crippen MR) is 113 cm³/mol. The lowest BCUT2D eigenvalue weighted by Crippen LogP contribution is -2.58. The van der Waals surface area contributed by atoms with Gasteiger partial charge in [0.2, 0.25) is 0 Å². The minimum atomic E-state index is -0.775. The zero-order chi connectivity index (χ0) is 20.7. The fraction of sp³-hybridized carbons (Fsp3) is 0.545. The van der Waals surface area contributed by atoms with E-state index in [1.165, 1.54) is 6.42 Å². The Hall–Kier alpha value is -2.74. The number of hydrogen-bond acceptors (Lipinski definition) is 6. The number of aromatic nitrogens is 3. The highest BCUT2D eigenvalue weighted by molar-refractivity contribution is 5.74. The van der Waals surface area contributed by atoms with Crippen molar-refractivity contribution in [2.45, 2.75) is 32.2 Å². The standard InChI is InChI=1S/C22H28N6O2/c1-16-24-12-17(13-25-16)19-3-2-6-23-20(19)27-9-7-26(8-10-27)18-4-5-22(11-18)14-28(15-22)21(29)30/h2-3,6,12-13,18H,4-5,7-11,14-15H2,1H3,(H,29,30)/t18-/m1/s1. The second-order valence-electron chi connectivity index (χ2n) is 8.95. The first-order chi connectivity index (χ1) is 14.5. The number of likely N-dealkylation sites (tertiary alicyclic amines) is 1. The molecule has 1 saturated carbocycles. The van der Waals surface area contributed by atoms with Crippen LogP contribution in [0.3, 0.4) is 0 Å². The van der Waals surface area contributed by atoms with E-state index in [1.807, 2.05) is 31.6 Å². The zero-order valence-corrected chi connectivity index (χ0v) is 17.4. The van der Waals surface area contributed by atoms with Crippen LogP contribution in [0.4, 0.5) is 10.6 Å². The van der Waals surface area contributed by atoms with Crippen LogP contribution in [0.2, 0.25) is 0 Å². The summed E-state index contributed by atoms with van der Waals surface area (Å²) in [7, 11) is 0. The molecule has 1 aliphatic carbocycles. The quantitative estimate of drug-likeness (QED) is 0.835. The van der Waals surface area contributed by atoms with Gasteiger partial charge in [-0.1, -0.05) is 0 Å². The topological polar surface area (TPSA) is 85.7 Å². The lowest BCUT2D eigenvalue weighted by atomic mass is 9.78. The Morgan fingerprint density at radius 1 is 1.13 bits per heavy atom. The maximum atomic E-state index is 11.1. The fourth-order valence-electron chi connectivity index (χ4n) is 5.38. The predicted octanol–water partition coefficient (Wildman–Crippen LogP) is 2.50. The Bertz CT molecular complexity index is 919. The van der Waals surface area contributed by atoms with Crippen LogP contribution in [-0.4, -0.2) is 81.3 Å². The Balaban J connectivity index is 1.22. The molecule has 2 aromatic rings. The summed E-state index contributed by atoms with van der Waals surface area (Å²) in [6.07, 6.45) is 8.29. The average molecular weight is 409 g/mol. The van der Waals surface area contributed by atoms with Crippen molar-refractivity contribution >= 4 is 11.9 Å². The number of aryl methyl sites for hydroxylation is 1. The van der Waals surface area contributed by atoms with E-state index < -0.39 is 6.09 Å². The van der Waals surface area contributed by atoms with E-state index in [1.54, 1.807) is 4.90 Å². The van der Waals surface area contributed by atoms with Gasteiger partial charge in [-0.2, -0.15) is 0 Å². The van der Waals surface area contributed by atoms with Crippen LogP contribution in [0.1, 0.15) is 25.1 Å². The van der Waals surface area contributed by atoms with Gasteiger partial charge in [0.1, 0.15) is 11.6 Å². The summed E-state index contributed by atoms with van der Waals surface area (Å²) in [5, 5.41) is 9.14. The molecule has 4 heterocycles. The van der Waals surface area contributed by atoms with Gasteiger partial charge >= 0.3 is 6.09 Å². The van der Waals surface area contributed by atoms with Gasteiger partial charge < -0.3 is 14.9 Å². The molecular formula is C22H28N6O2. The molecule has 5 rings (SSSR count). The third-order valence-electron chi connectivity index (χ3n) is 7.01. The van der Waals surface area contributed by atoms with E-state index in [4.69, 9.17) is 5.11 Å². The minimum absolute atomic E-state index is 0.236. The van der Waals surface area contributed by atoms with E-state index in [9.17, 15) is 4.79 Å². The largest absolute Gasteiger partial charge is 0.465 e. The molecule has 1 N–H and O–H groups in total. The highest BCUT2D eigenvalue weighted by Gasteiger charge is 2.50. The van der Waals surface area contributed by atoms with Gasteiger partial charge in [-0.05, 0) is 38.3 Å². The number of carboxylic acid groups (broad SMARTS) is 1. The fourth-order valence-corrected chi connectivity index (χ4v) is 5.38. The highest BCUT2D eigenvalue weighted by atomic mass is 16.4. The number of amides is 1. The Labute approximate surface area is 176 Å². The average Bonchev–Trinajstić information content (AvgIpc) is 3.19. The smallest absolute Gasteiger partial charge is 0.407 e. The number of carbonyl (C=O) groups is 1. The maximum Gasteiger partial charge on any atom is 0.407 e. The summed E-state index contributed by atoms with van der Waals surface area (Å²) in [6.45, 7) is 7.25. The second-order valence-corrected chi connectivity index (χ2v) is 8.95. The number of anilines is 1. The molecule has 2 saturated heterocycles. The first-order valence-corrected chi connectivity index (χ1v) is 10.7. The Morgan fingerprint density at radius 3 is 2.57 bits per heavy atom. The number of nitrogens with zero attached hydrogens (tertiary/aromatic N) is 6. The first-order valence-electron chi connectivity index (χ1n) is 10.7. The van der Waals surface area contributed by atoms with Gasteiger partial charge in [0.15, 0.2) is 0 Å². The molecule has 3 fully saturated rings. The van der Waals surface area contributed by atoms with Crippen LogP contribution >= 0.6 is 0 Å². The Morgan fingerprint density at radius 2 is 1.87 bits per heavy atom. The molecule has 1 atom stereocenters. The number of piperazine rings is 1. The molecule has 158 valence electrons. The molecule has 1 spiro atoms. The molecule has 2 aromatic heterocycles. The molecule has 8 nitrogen and oxygen atoms in total. The summed E-state index contributed by atoms with van der Waals surface area (Å²) < 4.78 is 0. The van der Waals surface area contributed by atoms with Gasteiger partial charge in [-0.15, -0.1) is 0 Å². The second kappa shape index (κ2) is 7.50. The first kappa shape index (κ1) is 19.2. The SMILES string of the molecule is Cc1ncc(-c2cccnc2N2CCN([C@@H]3CCC4(C3)CN(C(=O)O)C4)CC2)cn1. The molecule has 0 aromatic carbocycles. The van der Waals surface area contributed by atoms with Crippen molar-refractivity contribution in [3.63, 3.8) is 0 Å². The third-order valence-corrected chi connectivity index (χ3v) is 7.01. The summed E-state index contributed by atoms with van der Waals surface area (Å²) in [5.74, 6) is 1.77. The number of hydrogen-bond donors (Lipinski definition) is 1. The summed E-state index contributed by atoms with van der Waals surface area (Å²) >= 11 is 0. The van der Waals surface area contributed by atoms with Crippen LogP contribution in [0.5, 0.6) is 0 Å². The minimum Gasteiger partial charge on any atom is -0.465 e. The van der Waals surface area contributed by atoms with E-state index in [2.05, 4.69) is 30.8 Å². The molecule has 0 bridgehead atoms. The molecule has 3 aliphatic rings. The zero-order valence-electron chi connectivity index (χ0n) is 17.4. The van der Waals surface area contributed by atoms with E-state index in [0.717, 1.165) is 61.8 Å². The van der Waals surface area contributed by atoms with Crippen molar-refractivity contribution in [2.24, 2.45) is 5.41 Å². The van der Waals surface area contributed by atoms with Gasteiger partial charge in [0, 0.05) is 80.4 Å². The van der Waals surface area contributed by atoms with Crippen molar-refractivity contribution in [1.29, 1.82) is 0 Å². The molecule has 0 radical (unpaired) electrons. The normalized spacial score (nSPS) is 23.6. The van der Waals surface area contributed by atoms with Gasteiger partial charge in [-0.3, -0.25) is 4.90 Å². The van der Waals surface area contributed by atoms with Crippen molar-refractivity contribution in [3.8, 4) is 11.1 Å². The van der Waals surface area contributed by atoms with E-state index >= 15 is 0 Å². The summed E-state index contributed by atoms with van der Waals surface area (Å²) in [6, 6.07) is 4.64.